The van der Waals surface area contributed by atoms with Crippen LogP contribution in [0.2, 0.25) is 5.02 Å². The van der Waals surface area contributed by atoms with E-state index in [-0.39, 0.29) is 24.0 Å². The van der Waals surface area contributed by atoms with E-state index in [0.29, 0.717) is 24.5 Å². The van der Waals surface area contributed by atoms with E-state index in [4.69, 9.17) is 16.3 Å². The Labute approximate surface area is 283 Å². The van der Waals surface area contributed by atoms with Crippen molar-refractivity contribution in [2.24, 2.45) is 0 Å². The summed E-state index contributed by atoms with van der Waals surface area (Å²) in [5.74, 6) is 0.0262. The molecule has 3 aromatic carbocycles. The number of ether oxygens (including phenoxy) is 1. The number of benzene rings is 3. The van der Waals surface area contributed by atoms with Crippen LogP contribution in [0.4, 0.5) is 21.9 Å². The van der Waals surface area contributed by atoms with Crippen molar-refractivity contribution in [2.45, 2.75) is 71.7 Å². The van der Waals surface area contributed by atoms with Crippen molar-refractivity contribution in [3.8, 4) is 0 Å². The van der Waals surface area contributed by atoms with Crippen LogP contribution in [0, 0.1) is 0 Å². The summed E-state index contributed by atoms with van der Waals surface area (Å²) in [4.78, 5) is 34.5. The number of rotatable bonds is 10. The van der Waals surface area contributed by atoms with E-state index in [9.17, 15) is 9.59 Å². The normalized spacial score (nSPS) is 15.2. The Hall–Kier alpha value is -4.56. The fourth-order valence-corrected chi connectivity index (χ4v) is 6.08. The molecule has 0 aliphatic carbocycles. The average Bonchev–Trinajstić information content (AvgIpc) is 3.03. The Bertz CT molecular complexity index is 1670. The lowest BCUT2D eigenvalue weighted by molar-refractivity contribution is -0.118. The molecule has 2 amide bonds. The molecule has 0 radical (unpaired) electrons. The summed E-state index contributed by atoms with van der Waals surface area (Å²) >= 11 is 6.31. The molecule has 0 saturated carbocycles. The number of halogens is 1. The summed E-state index contributed by atoms with van der Waals surface area (Å²) < 4.78 is 5.42. The van der Waals surface area contributed by atoms with Gasteiger partial charge in [0.05, 0.1) is 12.5 Å². The van der Waals surface area contributed by atoms with E-state index >= 15 is 0 Å². The highest BCUT2D eigenvalue weighted by molar-refractivity contribution is 6.30. The van der Waals surface area contributed by atoms with Gasteiger partial charge in [-0.1, -0.05) is 29.8 Å². The number of hydrogen-bond donors (Lipinski definition) is 2. The molecule has 1 aliphatic heterocycles. The van der Waals surface area contributed by atoms with Crippen LogP contribution in [0.15, 0.2) is 91.3 Å². The number of anilines is 3. The molecule has 4 aromatic rings. The van der Waals surface area contributed by atoms with E-state index in [1.54, 1.807) is 12.4 Å². The second kappa shape index (κ2) is 14.5. The molecule has 246 valence electrons. The van der Waals surface area contributed by atoms with E-state index < -0.39 is 11.7 Å². The van der Waals surface area contributed by atoms with Crippen molar-refractivity contribution in [3.63, 3.8) is 0 Å². The first-order valence-corrected chi connectivity index (χ1v) is 16.5. The third-order valence-electron chi connectivity index (χ3n) is 8.19. The predicted octanol–water partition coefficient (Wildman–Crippen LogP) is 8.33. The second-order valence-corrected chi connectivity index (χ2v) is 13.6. The quantitative estimate of drug-likeness (QED) is 0.179. The monoisotopic (exact) mass is 653 g/mol. The Morgan fingerprint density at radius 3 is 2.32 bits per heavy atom. The van der Waals surface area contributed by atoms with Gasteiger partial charge in [-0.2, -0.15) is 0 Å². The lowest BCUT2D eigenvalue weighted by Gasteiger charge is -2.39. The van der Waals surface area contributed by atoms with E-state index in [1.807, 2.05) is 86.3 Å². The van der Waals surface area contributed by atoms with Gasteiger partial charge < -0.3 is 25.2 Å². The van der Waals surface area contributed by atoms with Crippen LogP contribution >= 0.6 is 11.6 Å². The molecule has 47 heavy (non-hydrogen) atoms. The number of alkyl carbamates (subject to hydrolysis) is 1. The Morgan fingerprint density at radius 2 is 1.68 bits per heavy atom. The van der Waals surface area contributed by atoms with Gasteiger partial charge in [-0.15, -0.1) is 0 Å². The van der Waals surface area contributed by atoms with Gasteiger partial charge in [-0.05, 0) is 124 Å². The zero-order chi connectivity index (χ0) is 33.7. The Kier molecular flexibility index (Phi) is 10.4. The zero-order valence-corrected chi connectivity index (χ0v) is 28.7. The minimum atomic E-state index is -0.560. The third kappa shape index (κ3) is 8.43. The maximum absolute atomic E-state index is 13.9. The SMILES string of the molecule is CC(Nc1ccc(N2C(=O)Cc3ccc(N(CCNC(=O)OC(C)(C)C)C(C)C)cc3C2c2ccc(Cl)cc2)cc1)c1ccncc1. The molecular formula is C38H44ClN5O3. The first-order valence-electron chi connectivity index (χ1n) is 16.1. The number of nitrogens with one attached hydrogen (secondary N) is 2. The predicted molar refractivity (Wildman–Crippen MR) is 190 cm³/mol. The van der Waals surface area contributed by atoms with Crippen molar-refractivity contribution in [2.75, 3.05) is 28.2 Å². The van der Waals surface area contributed by atoms with Crippen LogP contribution in [0.3, 0.4) is 0 Å². The lowest BCUT2D eigenvalue weighted by atomic mass is 9.86. The second-order valence-electron chi connectivity index (χ2n) is 13.2. The number of carbonyl (C=O) groups is 2. The van der Waals surface area contributed by atoms with Crippen molar-refractivity contribution >= 4 is 40.7 Å². The number of hydrogen-bond acceptors (Lipinski definition) is 6. The molecule has 1 aliphatic rings. The number of pyridine rings is 1. The Balaban J connectivity index is 1.45. The number of amides is 2. The summed E-state index contributed by atoms with van der Waals surface area (Å²) in [7, 11) is 0. The Morgan fingerprint density at radius 1 is 1.00 bits per heavy atom. The topological polar surface area (TPSA) is 86.8 Å². The number of carbonyl (C=O) groups excluding carboxylic acids is 2. The van der Waals surface area contributed by atoms with E-state index in [0.717, 1.165) is 39.3 Å². The molecule has 0 spiro atoms. The minimum Gasteiger partial charge on any atom is -0.444 e. The van der Waals surface area contributed by atoms with Crippen molar-refractivity contribution in [1.29, 1.82) is 0 Å². The standard InChI is InChI=1S/C38H44ClN5O3/c1-25(2)43(22-21-41-37(46)47-38(4,5)6)33-14-9-29-23-35(45)44(36(34(29)24-33)28-7-10-30(39)11-8-28)32-15-12-31(13-16-32)42-26(3)27-17-19-40-20-18-27/h7-20,24-26,36,42H,21-23H2,1-6H3,(H,41,46). The van der Waals surface area contributed by atoms with Crippen molar-refractivity contribution < 1.29 is 14.3 Å². The molecule has 0 fully saturated rings. The fraction of sp³-hybridized carbons (Fsp3) is 0.342. The lowest BCUT2D eigenvalue weighted by Crippen LogP contribution is -2.42. The van der Waals surface area contributed by atoms with Crippen molar-refractivity contribution in [1.82, 2.24) is 10.3 Å². The minimum absolute atomic E-state index is 0.0262. The van der Waals surface area contributed by atoms with Crippen LogP contribution < -0.4 is 20.4 Å². The highest BCUT2D eigenvalue weighted by atomic mass is 35.5. The molecule has 2 unspecified atom stereocenters. The smallest absolute Gasteiger partial charge is 0.407 e. The molecule has 8 nitrogen and oxygen atoms in total. The molecule has 9 heteroatoms. The molecule has 2 N–H and O–H groups in total. The maximum atomic E-state index is 13.9. The largest absolute Gasteiger partial charge is 0.444 e. The summed E-state index contributed by atoms with van der Waals surface area (Å²) in [6.07, 6.45) is 3.44. The van der Waals surface area contributed by atoms with Gasteiger partial charge in [0.25, 0.3) is 0 Å². The molecular weight excluding hydrogens is 610 g/mol. The van der Waals surface area contributed by atoms with Gasteiger partial charge in [-0.25, -0.2) is 4.79 Å². The van der Waals surface area contributed by atoms with E-state index in [2.05, 4.69) is 59.5 Å². The number of nitrogens with zero attached hydrogens (tertiary/aromatic N) is 3. The highest BCUT2D eigenvalue weighted by Gasteiger charge is 2.35. The highest BCUT2D eigenvalue weighted by Crippen LogP contribution is 2.41. The molecule has 0 saturated heterocycles. The van der Waals surface area contributed by atoms with Crippen LogP contribution in [0.1, 0.15) is 75.9 Å². The maximum Gasteiger partial charge on any atom is 0.407 e. The third-order valence-corrected chi connectivity index (χ3v) is 8.44. The van der Waals surface area contributed by atoms with Gasteiger partial charge in [0.2, 0.25) is 5.91 Å². The van der Waals surface area contributed by atoms with Crippen LogP contribution in [-0.2, 0) is 16.0 Å². The molecule has 0 bridgehead atoms. The average molecular weight is 654 g/mol. The van der Waals surface area contributed by atoms with Gasteiger partial charge >= 0.3 is 6.09 Å². The molecule has 2 atom stereocenters. The van der Waals surface area contributed by atoms with Gasteiger partial charge in [-0.3, -0.25) is 9.78 Å². The molecule has 2 heterocycles. The fourth-order valence-electron chi connectivity index (χ4n) is 5.96. The number of aromatic nitrogens is 1. The first-order chi connectivity index (χ1) is 22.4. The number of fused-ring (bicyclic) bond motifs is 1. The summed E-state index contributed by atoms with van der Waals surface area (Å²) in [6, 6.07) is 26.0. The summed E-state index contributed by atoms with van der Waals surface area (Å²) in [5.41, 5.74) is 6.39. The van der Waals surface area contributed by atoms with Crippen LogP contribution in [0.5, 0.6) is 0 Å². The van der Waals surface area contributed by atoms with Crippen LogP contribution in [0.25, 0.3) is 0 Å². The van der Waals surface area contributed by atoms with E-state index in [1.165, 1.54) is 0 Å². The van der Waals surface area contributed by atoms with Gasteiger partial charge in [0, 0.05) is 59.7 Å². The zero-order valence-electron chi connectivity index (χ0n) is 28.0. The van der Waals surface area contributed by atoms with Gasteiger partial charge in [0.15, 0.2) is 0 Å². The first kappa shape index (κ1) is 33.8. The molecule has 5 rings (SSSR count). The molecule has 1 aromatic heterocycles. The van der Waals surface area contributed by atoms with Crippen molar-refractivity contribution in [3.05, 3.63) is 119 Å². The van der Waals surface area contributed by atoms with Crippen LogP contribution in [-0.4, -0.2) is 41.7 Å². The van der Waals surface area contributed by atoms with Gasteiger partial charge in [0.1, 0.15) is 5.60 Å². The summed E-state index contributed by atoms with van der Waals surface area (Å²) in [6.45, 7) is 12.9. The summed E-state index contributed by atoms with van der Waals surface area (Å²) in [5, 5.41) is 7.06.